The Bertz CT molecular complexity index is 422. The highest BCUT2D eigenvalue weighted by Gasteiger charge is 2.24. The first-order chi connectivity index (χ1) is 9.70. The van der Waals surface area contributed by atoms with Gasteiger partial charge in [-0.25, -0.2) is 0 Å². The van der Waals surface area contributed by atoms with Crippen LogP contribution in [0.5, 0.6) is 0 Å². The Morgan fingerprint density at radius 3 is 2.90 bits per heavy atom. The molecule has 1 saturated heterocycles. The number of ether oxygens (including phenoxy) is 1. The molecule has 1 aliphatic heterocycles. The molecule has 4 heteroatoms. The van der Waals surface area contributed by atoms with Crippen LogP contribution in [0.1, 0.15) is 31.2 Å². The molecule has 2 rings (SSSR count). The number of nitrogens with zero attached hydrogens (tertiary/aromatic N) is 1. The third-order valence-corrected chi connectivity index (χ3v) is 3.89. The molecule has 2 atom stereocenters. The predicted molar refractivity (Wildman–Crippen MR) is 79.5 cm³/mol. The normalized spacial score (nSPS) is 20.8. The highest BCUT2D eigenvalue weighted by atomic mass is 16.5. The largest absolute Gasteiger partial charge is 0.465 e. The molecule has 0 bridgehead atoms. The van der Waals surface area contributed by atoms with Gasteiger partial charge in [-0.1, -0.05) is 30.3 Å². The summed E-state index contributed by atoms with van der Waals surface area (Å²) in [7, 11) is 0. The fourth-order valence-corrected chi connectivity index (χ4v) is 2.72. The van der Waals surface area contributed by atoms with Gasteiger partial charge in [-0.05, 0) is 37.8 Å². The predicted octanol–water partition coefficient (Wildman–Crippen LogP) is 1.76. The van der Waals surface area contributed by atoms with Gasteiger partial charge in [0.15, 0.2) is 0 Å². The van der Waals surface area contributed by atoms with Gasteiger partial charge < -0.3 is 15.4 Å². The third kappa shape index (κ3) is 4.05. The van der Waals surface area contributed by atoms with E-state index in [0.717, 1.165) is 19.6 Å². The molecule has 1 heterocycles. The van der Waals surface area contributed by atoms with Crippen molar-refractivity contribution in [1.82, 2.24) is 4.90 Å². The summed E-state index contributed by atoms with van der Waals surface area (Å²) in [6.45, 7) is 5.19. The van der Waals surface area contributed by atoms with Crippen LogP contribution in [0, 0.1) is 0 Å². The summed E-state index contributed by atoms with van der Waals surface area (Å²) in [6.07, 6.45) is 1.85. The molecule has 1 aliphatic rings. The van der Waals surface area contributed by atoms with Crippen LogP contribution in [0.15, 0.2) is 30.3 Å². The van der Waals surface area contributed by atoms with Gasteiger partial charge in [0, 0.05) is 13.1 Å². The smallest absolute Gasteiger partial charge is 0.322 e. The zero-order valence-electron chi connectivity index (χ0n) is 12.1. The Morgan fingerprint density at radius 2 is 2.20 bits per heavy atom. The van der Waals surface area contributed by atoms with Crippen LogP contribution >= 0.6 is 0 Å². The summed E-state index contributed by atoms with van der Waals surface area (Å²) >= 11 is 0. The van der Waals surface area contributed by atoms with E-state index in [-0.39, 0.29) is 5.97 Å². The molecule has 0 radical (unpaired) electrons. The van der Waals surface area contributed by atoms with Gasteiger partial charge in [-0.3, -0.25) is 4.79 Å². The molecular formula is C16H24N2O2. The zero-order valence-corrected chi connectivity index (χ0v) is 12.1. The van der Waals surface area contributed by atoms with E-state index in [0.29, 0.717) is 18.9 Å². The van der Waals surface area contributed by atoms with Crippen molar-refractivity contribution in [3.05, 3.63) is 35.9 Å². The minimum absolute atomic E-state index is 0.286. The first-order valence-electron chi connectivity index (χ1n) is 7.40. The second kappa shape index (κ2) is 7.41. The van der Waals surface area contributed by atoms with Crippen molar-refractivity contribution in [2.24, 2.45) is 5.73 Å². The Balaban J connectivity index is 1.75. The maximum absolute atomic E-state index is 11.5. The van der Waals surface area contributed by atoms with Crippen LogP contribution in [0.4, 0.5) is 0 Å². The van der Waals surface area contributed by atoms with Crippen molar-refractivity contribution in [2.45, 2.75) is 31.7 Å². The van der Waals surface area contributed by atoms with E-state index < -0.39 is 6.04 Å². The molecule has 110 valence electrons. The second-order valence-electron chi connectivity index (χ2n) is 5.34. The minimum atomic E-state index is -0.495. The molecule has 0 aromatic heterocycles. The molecule has 4 nitrogen and oxygen atoms in total. The highest BCUT2D eigenvalue weighted by Crippen LogP contribution is 2.26. The molecule has 0 spiro atoms. The van der Waals surface area contributed by atoms with Crippen molar-refractivity contribution >= 4 is 5.97 Å². The van der Waals surface area contributed by atoms with Gasteiger partial charge in [-0.2, -0.15) is 0 Å². The molecule has 20 heavy (non-hydrogen) atoms. The zero-order chi connectivity index (χ0) is 14.4. The quantitative estimate of drug-likeness (QED) is 0.804. The summed E-state index contributed by atoms with van der Waals surface area (Å²) in [5.74, 6) is 0.321. The number of likely N-dealkylation sites (tertiary alicyclic amines) is 1. The van der Waals surface area contributed by atoms with E-state index in [2.05, 4.69) is 35.2 Å². The molecular weight excluding hydrogens is 252 g/mol. The number of rotatable bonds is 6. The van der Waals surface area contributed by atoms with Gasteiger partial charge in [0.1, 0.15) is 6.04 Å². The highest BCUT2D eigenvalue weighted by molar-refractivity contribution is 5.75. The summed E-state index contributed by atoms with van der Waals surface area (Å²) in [6, 6.07) is 10.1. The molecule has 2 unspecified atom stereocenters. The number of carbonyl (C=O) groups is 1. The lowest BCUT2D eigenvalue weighted by Crippen LogP contribution is -2.36. The molecule has 1 aromatic carbocycles. The second-order valence-corrected chi connectivity index (χ2v) is 5.34. The lowest BCUT2D eigenvalue weighted by molar-refractivity contribution is -0.144. The van der Waals surface area contributed by atoms with E-state index in [1.165, 1.54) is 12.0 Å². The number of hydrogen-bond donors (Lipinski definition) is 1. The molecule has 0 amide bonds. The molecule has 2 N–H and O–H groups in total. The third-order valence-electron chi connectivity index (χ3n) is 3.89. The topological polar surface area (TPSA) is 55.6 Å². The van der Waals surface area contributed by atoms with Gasteiger partial charge >= 0.3 is 5.97 Å². The lowest BCUT2D eigenvalue weighted by Gasteiger charge is -2.18. The van der Waals surface area contributed by atoms with E-state index >= 15 is 0 Å². The fourth-order valence-electron chi connectivity index (χ4n) is 2.72. The summed E-state index contributed by atoms with van der Waals surface area (Å²) < 4.78 is 4.93. The number of nitrogens with two attached hydrogens (primary N) is 1. The van der Waals surface area contributed by atoms with E-state index in [1.807, 2.05) is 0 Å². The van der Waals surface area contributed by atoms with Crippen molar-refractivity contribution < 1.29 is 9.53 Å². The minimum Gasteiger partial charge on any atom is -0.465 e. The molecule has 0 aliphatic carbocycles. The average molecular weight is 276 g/mol. The number of esters is 1. The van der Waals surface area contributed by atoms with E-state index in [4.69, 9.17) is 10.5 Å². The van der Waals surface area contributed by atoms with Crippen molar-refractivity contribution in [2.75, 3.05) is 26.2 Å². The van der Waals surface area contributed by atoms with Crippen molar-refractivity contribution in [1.29, 1.82) is 0 Å². The Hall–Kier alpha value is -1.39. The van der Waals surface area contributed by atoms with Crippen LogP contribution in [0.3, 0.4) is 0 Å². The van der Waals surface area contributed by atoms with Crippen LogP contribution in [0.2, 0.25) is 0 Å². The molecule has 0 saturated carbocycles. The Labute approximate surface area is 120 Å². The van der Waals surface area contributed by atoms with E-state index in [9.17, 15) is 4.79 Å². The van der Waals surface area contributed by atoms with E-state index in [1.54, 1.807) is 6.92 Å². The van der Waals surface area contributed by atoms with Crippen molar-refractivity contribution in [3.8, 4) is 0 Å². The Kier molecular flexibility index (Phi) is 5.56. The fraction of sp³-hybridized carbons (Fsp3) is 0.562. The lowest BCUT2D eigenvalue weighted by atomic mass is 9.99. The number of benzene rings is 1. The van der Waals surface area contributed by atoms with Crippen LogP contribution < -0.4 is 5.73 Å². The number of hydrogen-bond acceptors (Lipinski definition) is 4. The standard InChI is InChI=1S/C16H24N2O2/c1-2-20-16(19)15(17)9-11-18-10-8-14(12-18)13-6-4-3-5-7-13/h3-7,14-15H,2,8-12,17H2,1H3. The molecule has 1 aromatic rings. The maximum atomic E-state index is 11.5. The summed E-state index contributed by atoms with van der Waals surface area (Å²) in [4.78, 5) is 13.9. The summed E-state index contributed by atoms with van der Waals surface area (Å²) in [5, 5.41) is 0. The van der Waals surface area contributed by atoms with Crippen LogP contribution in [-0.4, -0.2) is 43.2 Å². The SMILES string of the molecule is CCOC(=O)C(N)CCN1CCC(c2ccccc2)C1. The maximum Gasteiger partial charge on any atom is 0.322 e. The first kappa shape index (κ1) is 15.0. The van der Waals surface area contributed by atoms with Crippen LogP contribution in [0.25, 0.3) is 0 Å². The first-order valence-corrected chi connectivity index (χ1v) is 7.40. The molecule has 1 fully saturated rings. The van der Waals surface area contributed by atoms with Gasteiger partial charge in [0.2, 0.25) is 0 Å². The van der Waals surface area contributed by atoms with Crippen LogP contribution in [-0.2, 0) is 9.53 Å². The van der Waals surface area contributed by atoms with Gasteiger partial charge in [0.05, 0.1) is 6.61 Å². The van der Waals surface area contributed by atoms with Gasteiger partial charge in [-0.15, -0.1) is 0 Å². The number of carbonyl (C=O) groups excluding carboxylic acids is 1. The Morgan fingerprint density at radius 1 is 1.45 bits per heavy atom. The summed E-state index contributed by atoms with van der Waals surface area (Å²) in [5.41, 5.74) is 7.23. The average Bonchev–Trinajstić information content (AvgIpc) is 2.95. The monoisotopic (exact) mass is 276 g/mol. The van der Waals surface area contributed by atoms with Crippen molar-refractivity contribution in [3.63, 3.8) is 0 Å². The van der Waals surface area contributed by atoms with Gasteiger partial charge in [0.25, 0.3) is 0 Å².